The standard InChI is InChI=1S/C15H17F2NO.C7H9NO3/c1-3-11-8-15(17)13(9-14(11)16)12-4-6-18(7-5-12)10(2)19;9-4-5(7(10)11)3-8-6-1-2-6/h4,8-9H,3,5-7H2,1-2H3;3-4,6,8H,1-2H2,(H,10,11). The molecule has 1 fully saturated rings. The number of rotatable bonds is 6. The van der Waals surface area contributed by atoms with Gasteiger partial charge in [-0.15, -0.1) is 0 Å². The molecule has 1 amide bonds. The van der Waals surface area contributed by atoms with Crippen LogP contribution in [0.15, 0.2) is 30.0 Å². The quantitative estimate of drug-likeness (QED) is 0.320. The van der Waals surface area contributed by atoms with Gasteiger partial charge in [0.25, 0.3) is 0 Å². The molecule has 30 heavy (non-hydrogen) atoms. The van der Waals surface area contributed by atoms with Crippen LogP contribution in [0.25, 0.3) is 5.57 Å². The summed E-state index contributed by atoms with van der Waals surface area (Å²) in [5, 5.41) is 11.2. The Morgan fingerprint density at radius 3 is 2.43 bits per heavy atom. The Kier molecular flexibility index (Phi) is 8.26. The van der Waals surface area contributed by atoms with Crippen LogP contribution in [0.1, 0.15) is 44.2 Å². The minimum absolute atomic E-state index is 0.00304. The average molecular weight is 420 g/mol. The van der Waals surface area contributed by atoms with Gasteiger partial charge in [0.1, 0.15) is 17.2 Å². The molecule has 0 spiro atoms. The molecule has 1 heterocycles. The fraction of sp³-hybridized carbons (Fsp3) is 0.409. The van der Waals surface area contributed by atoms with Gasteiger partial charge in [-0.2, -0.15) is 0 Å². The van der Waals surface area contributed by atoms with Crippen LogP contribution in [0, 0.1) is 11.6 Å². The molecule has 8 heteroatoms. The predicted octanol–water partition coefficient (Wildman–Crippen LogP) is 3.07. The van der Waals surface area contributed by atoms with Crippen LogP contribution in [0.3, 0.4) is 0 Å². The van der Waals surface area contributed by atoms with Gasteiger partial charge in [-0.3, -0.25) is 9.59 Å². The Morgan fingerprint density at radius 1 is 1.27 bits per heavy atom. The number of nitrogens with zero attached hydrogens (tertiary/aromatic N) is 1. The Hall–Kier alpha value is -3.03. The summed E-state index contributed by atoms with van der Waals surface area (Å²) in [4.78, 5) is 33.2. The number of amides is 1. The highest BCUT2D eigenvalue weighted by molar-refractivity contribution is 6.06. The molecule has 0 bridgehead atoms. The van der Waals surface area contributed by atoms with Gasteiger partial charge in [-0.05, 0) is 49.0 Å². The Labute approximate surface area is 174 Å². The molecule has 1 aliphatic heterocycles. The van der Waals surface area contributed by atoms with Crippen LogP contribution < -0.4 is 5.32 Å². The maximum Gasteiger partial charge on any atom is 0.340 e. The van der Waals surface area contributed by atoms with Crippen LogP contribution in [-0.4, -0.2) is 47.3 Å². The normalized spacial score (nSPS) is 16.2. The van der Waals surface area contributed by atoms with E-state index in [9.17, 15) is 23.2 Å². The largest absolute Gasteiger partial charge is 0.478 e. The van der Waals surface area contributed by atoms with E-state index in [2.05, 4.69) is 5.32 Å². The van der Waals surface area contributed by atoms with Crippen LogP contribution in [0.5, 0.6) is 0 Å². The highest BCUT2D eigenvalue weighted by Crippen LogP contribution is 2.27. The molecule has 1 aromatic rings. The van der Waals surface area contributed by atoms with Gasteiger partial charge in [0.2, 0.25) is 5.91 Å². The lowest BCUT2D eigenvalue weighted by atomic mass is 9.97. The zero-order valence-electron chi connectivity index (χ0n) is 17.1. The van der Waals surface area contributed by atoms with Gasteiger partial charge in [-0.1, -0.05) is 13.0 Å². The minimum Gasteiger partial charge on any atom is -0.478 e. The lowest BCUT2D eigenvalue weighted by Gasteiger charge is -2.25. The number of aliphatic carboxylic acids is 1. The van der Waals surface area contributed by atoms with Gasteiger partial charge in [0, 0.05) is 37.8 Å². The molecular weight excluding hydrogens is 394 g/mol. The van der Waals surface area contributed by atoms with Gasteiger partial charge in [0.05, 0.1) is 0 Å². The van der Waals surface area contributed by atoms with Crippen molar-refractivity contribution in [2.45, 2.75) is 45.6 Å². The van der Waals surface area contributed by atoms with Crippen molar-refractivity contribution in [3.8, 4) is 0 Å². The van der Waals surface area contributed by atoms with E-state index in [0.717, 1.165) is 18.4 Å². The number of carboxylic acids is 1. The number of benzene rings is 1. The number of nitrogens with one attached hydrogen (secondary N) is 1. The van der Waals surface area contributed by atoms with Gasteiger partial charge < -0.3 is 15.3 Å². The molecule has 6 nitrogen and oxygen atoms in total. The molecular formula is C22H26F2N2O4. The van der Waals surface area contributed by atoms with Crippen molar-refractivity contribution < 1.29 is 28.3 Å². The third-order valence-corrected chi connectivity index (χ3v) is 4.94. The Morgan fingerprint density at radius 2 is 1.97 bits per heavy atom. The molecule has 1 aromatic carbocycles. The number of carbonyl (C=O) groups is 3. The summed E-state index contributed by atoms with van der Waals surface area (Å²) < 4.78 is 27.7. The van der Waals surface area contributed by atoms with Crippen LogP contribution in [0.2, 0.25) is 0 Å². The summed E-state index contributed by atoms with van der Waals surface area (Å²) in [6.45, 7) is 4.32. The topological polar surface area (TPSA) is 86.7 Å². The lowest BCUT2D eigenvalue weighted by molar-refractivity contribution is -0.133. The fourth-order valence-corrected chi connectivity index (χ4v) is 2.91. The molecule has 1 saturated carbocycles. The van der Waals surface area contributed by atoms with Crippen LogP contribution in [0.4, 0.5) is 8.78 Å². The van der Waals surface area contributed by atoms with Crippen molar-refractivity contribution in [3.63, 3.8) is 0 Å². The maximum absolute atomic E-state index is 14.0. The van der Waals surface area contributed by atoms with Crippen molar-refractivity contribution in [1.82, 2.24) is 10.2 Å². The summed E-state index contributed by atoms with van der Waals surface area (Å²) in [6.07, 6.45) is 6.53. The highest BCUT2D eigenvalue weighted by atomic mass is 19.1. The number of halogens is 2. The summed E-state index contributed by atoms with van der Waals surface area (Å²) >= 11 is 0. The molecule has 2 N–H and O–H groups in total. The van der Waals surface area contributed by atoms with Crippen molar-refractivity contribution in [2.24, 2.45) is 0 Å². The van der Waals surface area contributed by atoms with Gasteiger partial charge >= 0.3 is 5.97 Å². The van der Waals surface area contributed by atoms with Crippen molar-refractivity contribution >= 4 is 23.7 Å². The van der Waals surface area contributed by atoms with E-state index in [1.807, 2.05) is 0 Å². The number of hydrogen-bond donors (Lipinski definition) is 2. The summed E-state index contributed by atoms with van der Waals surface area (Å²) in [6, 6.07) is 2.91. The van der Waals surface area contributed by atoms with E-state index in [0.29, 0.717) is 49.4 Å². The van der Waals surface area contributed by atoms with Crippen LogP contribution >= 0.6 is 0 Å². The Bertz CT molecular complexity index is 876. The lowest BCUT2D eigenvalue weighted by Crippen LogP contribution is -2.32. The zero-order valence-corrected chi connectivity index (χ0v) is 17.1. The number of aryl methyl sites for hydroxylation is 1. The third-order valence-electron chi connectivity index (χ3n) is 4.94. The monoisotopic (exact) mass is 420 g/mol. The molecule has 0 saturated heterocycles. The predicted molar refractivity (Wildman–Crippen MR) is 109 cm³/mol. The SMILES string of the molecule is CCc1cc(F)c(C2=CCN(C(C)=O)CC2)cc1F.O=CC(=CNC1CC1)C(=O)O. The number of aldehydes is 1. The molecule has 1 aliphatic carbocycles. The average Bonchev–Trinajstić information content (AvgIpc) is 3.54. The molecule has 0 unspecified atom stereocenters. The molecule has 2 aliphatic rings. The smallest absolute Gasteiger partial charge is 0.340 e. The molecule has 0 radical (unpaired) electrons. The highest BCUT2D eigenvalue weighted by Gasteiger charge is 2.20. The molecule has 0 aromatic heterocycles. The second-order valence-corrected chi connectivity index (χ2v) is 7.19. The first kappa shape index (κ1) is 23.3. The van der Waals surface area contributed by atoms with Gasteiger partial charge in [0.15, 0.2) is 6.29 Å². The van der Waals surface area contributed by atoms with E-state index in [-0.39, 0.29) is 23.1 Å². The van der Waals surface area contributed by atoms with Crippen molar-refractivity contribution in [3.05, 3.63) is 52.7 Å². The van der Waals surface area contributed by atoms with E-state index in [4.69, 9.17) is 5.11 Å². The van der Waals surface area contributed by atoms with E-state index >= 15 is 0 Å². The van der Waals surface area contributed by atoms with Crippen molar-refractivity contribution in [2.75, 3.05) is 13.1 Å². The minimum atomic E-state index is -1.19. The molecule has 3 rings (SSSR count). The van der Waals surface area contributed by atoms with E-state index in [1.165, 1.54) is 25.3 Å². The van der Waals surface area contributed by atoms with Gasteiger partial charge in [-0.25, -0.2) is 13.6 Å². The molecule has 0 atom stereocenters. The summed E-state index contributed by atoms with van der Waals surface area (Å²) in [7, 11) is 0. The first-order valence-corrected chi connectivity index (χ1v) is 9.84. The number of carboxylic acid groups (broad SMARTS) is 1. The fourth-order valence-electron chi connectivity index (χ4n) is 2.91. The van der Waals surface area contributed by atoms with E-state index in [1.54, 1.807) is 17.9 Å². The third kappa shape index (κ3) is 6.50. The second-order valence-electron chi connectivity index (χ2n) is 7.19. The Balaban J connectivity index is 0.000000248. The van der Waals surface area contributed by atoms with E-state index < -0.39 is 5.97 Å². The molecule has 162 valence electrons. The zero-order chi connectivity index (χ0) is 22.3. The first-order valence-electron chi connectivity index (χ1n) is 9.84. The maximum atomic E-state index is 14.0. The van der Waals surface area contributed by atoms with Crippen LogP contribution in [-0.2, 0) is 20.8 Å². The summed E-state index contributed by atoms with van der Waals surface area (Å²) in [5.41, 5.74) is 1.26. The summed E-state index contributed by atoms with van der Waals surface area (Å²) in [5.74, 6) is -1.94. The second kappa shape index (κ2) is 10.7. The number of hydrogen-bond acceptors (Lipinski definition) is 4. The van der Waals surface area contributed by atoms with Crippen molar-refractivity contribution in [1.29, 1.82) is 0 Å². The first-order chi connectivity index (χ1) is 14.3. The number of carbonyl (C=O) groups excluding carboxylic acids is 2.